The first-order valence-electron chi connectivity index (χ1n) is 4.10. The number of hydrogen-bond acceptors (Lipinski definition) is 8. The van der Waals surface area contributed by atoms with E-state index in [-0.39, 0.29) is 23.0 Å². The third-order valence-electron chi connectivity index (χ3n) is 1.71. The molecule has 1 aromatic heterocycles. The molecule has 8 heteroatoms. The van der Waals surface area contributed by atoms with E-state index in [4.69, 9.17) is 11.5 Å². The summed E-state index contributed by atoms with van der Waals surface area (Å²) in [5, 5.41) is 0. The predicted octanol–water partition coefficient (Wildman–Crippen LogP) is -0.786. The molecule has 0 radical (unpaired) electrons. The Morgan fingerprint density at radius 1 is 0.938 bits per heavy atom. The van der Waals surface area contributed by atoms with E-state index in [1.54, 1.807) is 0 Å². The zero-order chi connectivity index (χ0) is 12.3. The fourth-order valence-corrected chi connectivity index (χ4v) is 0.939. The van der Waals surface area contributed by atoms with Gasteiger partial charge in [0.25, 0.3) is 0 Å². The van der Waals surface area contributed by atoms with Crippen LogP contribution in [0.25, 0.3) is 0 Å². The van der Waals surface area contributed by atoms with Crippen LogP contribution in [0.4, 0.5) is 11.6 Å². The fraction of sp³-hybridized carbons (Fsp3) is 0.250. The van der Waals surface area contributed by atoms with Gasteiger partial charge in [-0.05, 0) is 0 Å². The zero-order valence-corrected chi connectivity index (χ0v) is 8.68. The van der Waals surface area contributed by atoms with Crippen LogP contribution >= 0.6 is 0 Å². The highest BCUT2D eigenvalue weighted by Crippen LogP contribution is 2.14. The van der Waals surface area contributed by atoms with E-state index in [1.165, 1.54) is 0 Å². The van der Waals surface area contributed by atoms with Gasteiger partial charge in [-0.2, -0.15) is 0 Å². The Morgan fingerprint density at radius 3 is 1.50 bits per heavy atom. The molecular formula is C8H10N4O4. The van der Waals surface area contributed by atoms with Crippen LogP contribution in [-0.4, -0.2) is 36.1 Å². The highest BCUT2D eigenvalue weighted by atomic mass is 16.5. The molecule has 1 rings (SSSR count). The molecule has 1 heterocycles. The molecule has 4 N–H and O–H groups in total. The van der Waals surface area contributed by atoms with E-state index >= 15 is 0 Å². The van der Waals surface area contributed by atoms with Crippen molar-refractivity contribution in [3.05, 3.63) is 11.4 Å². The van der Waals surface area contributed by atoms with Crippen LogP contribution in [0.5, 0.6) is 0 Å². The topological polar surface area (TPSA) is 130 Å². The van der Waals surface area contributed by atoms with Gasteiger partial charge in [0.2, 0.25) is 0 Å². The van der Waals surface area contributed by atoms with Crippen molar-refractivity contribution in [2.45, 2.75) is 0 Å². The van der Waals surface area contributed by atoms with Crippen LogP contribution in [-0.2, 0) is 9.47 Å². The summed E-state index contributed by atoms with van der Waals surface area (Å²) in [6, 6.07) is 0. The minimum atomic E-state index is -0.848. The number of hydrogen-bond donors (Lipinski definition) is 2. The number of nitrogens with two attached hydrogens (primary N) is 2. The average Bonchev–Trinajstić information content (AvgIpc) is 2.30. The fourth-order valence-electron chi connectivity index (χ4n) is 0.939. The van der Waals surface area contributed by atoms with Gasteiger partial charge in [-0.15, -0.1) is 0 Å². The molecule has 0 unspecified atom stereocenters. The van der Waals surface area contributed by atoms with Crippen molar-refractivity contribution in [1.29, 1.82) is 0 Å². The van der Waals surface area contributed by atoms with Gasteiger partial charge in [0.1, 0.15) is 0 Å². The van der Waals surface area contributed by atoms with Crippen molar-refractivity contribution in [3.63, 3.8) is 0 Å². The molecule has 0 spiro atoms. The summed E-state index contributed by atoms with van der Waals surface area (Å²) < 4.78 is 8.84. The lowest BCUT2D eigenvalue weighted by atomic mass is 10.3. The van der Waals surface area contributed by atoms with Crippen molar-refractivity contribution in [3.8, 4) is 0 Å². The second kappa shape index (κ2) is 4.43. The zero-order valence-electron chi connectivity index (χ0n) is 8.68. The lowest BCUT2D eigenvalue weighted by Crippen LogP contribution is -2.18. The van der Waals surface area contributed by atoms with Crippen molar-refractivity contribution in [1.82, 2.24) is 9.97 Å². The lowest BCUT2D eigenvalue weighted by molar-refractivity contribution is 0.0545. The molecular weight excluding hydrogens is 216 g/mol. The Hall–Kier alpha value is -2.38. The Balaban J connectivity index is 3.38. The van der Waals surface area contributed by atoms with E-state index in [0.29, 0.717) is 0 Å². The largest absolute Gasteiger partial charge is 0.464 e. The highest BCUT2D eigenvalue weighted by Gasteiger charge is 2.23. The van der Waals surface area contributed by atoms with Crippen molar-refractivity contribution < 1.29 is 19.1 Å². The molecule has 8 nitrogen and oxygen atoms in total. The maximum Gasteiger partial charge on any atom is 0.359 e. The number of carbonyl (C=O) groups excluding carboxylic acids is 2. The minimum absolute atomic E-state index is 0.159. The smallest absolute Gasteiger partial charge is 0.359 e. The van der Waals surface area contributed by atoms with Crippen molar-refractivity contribution in [2.75, 3.05) is 25.7 Å². The second-order valence-electron chi connectivity index (χ2n) is 2.67. The molecule has 1 aromatic rings. The van der Waals surface area contributed by atoms with Gasteiger partial charge in [0, 0.05) is 0 Å². The summed E-state index contributed by atoms with van der Waals surface area (Å²) in [5.41, 5.74) is 10.1. The number of aromatic nitrogens is 2. The number of ether oxygens (including phenoxy) is 2. The van der Waals surface area contributed by atoms with Crippen LogP contribution in [0.1, 0.15) is 21.0 Å². The first-order chi connectivity index (χ1) is 7.51. The van der Waals surface area contributed by atoms with Gasteiger partial charge in [-0.3, -0.25) is 0 Å². The molecule has 0 atom stereocenters. The summed E-state index contributed by atoms with van der Waals surface area (Å²) in [4.78, 5) is 29.8. The van der Waals surface area contributed by atoms with E-state index in [1.807, 2.05) is 0 Å². The monoisotopic (exact) mass is 226 g/mol. The third kappa shape index (κ3) is 2.00. The normalized spacial score (nSPS) is 9.62. The molecule has 0 fully saturated rings. The first kappa shape index (κ1) is 11.7. The Labute approximate surface area is 90.6 Å². The quantitative estimate of drug-likeness (QED) is 0.627. The molecule has 0 aliphatic carbocycles. The van der Waals surface area contributed by atoms with Gasteiger partial charge in [-0.1, -0.05) is 0 Å². The van der Waals surface area contributed by atoms with Crippen LogP contribution in [0.2, 0.25) is 0 Å². The second-order valence-corrected chi connectivity index (χ2v) is 2.67. The van der Waals surface area contributed by atoms with Gasteiger partial charge in [-0.25, -0.2) is 19.6 Å². The van der Waals surface area contributed by atoms with Crippen LogP contribution < -0.4 is 11.5 Å². The van der Waals surface area contributed by atoms with E-state index in [0.717, 1.165) is 14.2 Å². The number of methoxy groups -OCH3 is 2. The van der Waals surface area contributed by atoms with Crippen molar-refractivity contribution >= 4 is 23.6 Å². The van der Waals surface area contributed by atoms with Gasteiger partial charge in [0.05, 0.1) is 14.2 Å². The Kier molecular flexibility index (Phi) is 3.24. The molecule has 0 saturated carbocycles. The Bertz CT molecular complexity index is 405. The molecule has 0 aromatic carbocycles. The average molecular weight is 226 g/mol. The Morgan fingerprint density at radius 2 is 1.25 bits per heavy atom. The third-order valence-corrected chi connectivity index (χ3v) is 1.71. The van der Waals surface area contributed by atoms with E-state index < -0.39 is 11.9 Å². The number of anilines is 2. The number of rotatable bonds is 2. The first-order valence-corrected chi connectivity index (χ1v) is 4.10. The number of nitrogens with zero attached hydrogens (tertiary/aromatic N) is 2. The van der Waals surface area contributed by atoms with E-state index in [2.05, 4.69) is 19.4 Å². The molecule has 0 aliphatic heterocycles. The molecule has 0 saturated heterocycles. The molecule has 16 heavy (non-hydrogen) atoms. The summed E-state index contributed by atoms with van der Waals surface area (Å²) in [6.07, 6.45) is 0. The predicted molar refractivity (Wildman–Crippen MR) is 53.5 cm³/mol. The summed E-state index contributed by atoms with van der Waals surface area (Å²) in [5.74, 6) is -2.01. The standard InChI is InChI=1S/C8H10N4O4/c1-15-7(13)3-4(8(14)16-2)12-6(10)5(9)11-3/h1-2H3,(H2,9,11)(H2,10,12). The van der Waals surface area contributed by atoms with Crippen LogP contribution in [0, 0.1) is 0 Å². The van der Waals surface area contributed by atoms with Gasteiger partial charge < -0.3 is 20.9 Å². The van der Waals surface area contributed by atoms with E-state index in [9.17, 15) is 9.59 Å². The molecule has 0 bridgehead atoms. The summed E-state index contributed by atoms with van der Waals surface area (Å²) >= 11 is 0. The number of esters is 2. The maximum atomic E-state index is 11.3. The molecule has 0 amide bonds. The SMILES string of the molecule is COC(=O)c1nc(N)c(N)nc1C(=O)OC. The van der Waals surface area contributed by atoms with Gasteiger partial charge in [0.15, 0.2) is 23.0 Å². The lowest BCUT2D eigenvalue weighted by Gasteiger charge is -2.06. The summed E-state index contributed by atoms with van der Waals surface area (Å²) in [7, 11) is 2.27. The minimum Gasteiger partial charge on any atom is -0.464 e. The maximum absolute atomic E-state index is 11.3. The number of carbonyl (C=O) groups is 2. The number of nitrogen functional groups attached to an aromatic ring is 2. The van der Waals surface area contributed by atoms with Crippen molar-refractivity contribution in [2.24, 2.45) is 0 Å². The highest BCUT2D eigenvalue weighted by molar-refractivity contribution is 6.01. The molecule has 86 valence electrons. The van der Waals surface area contributed by atoms with Crippen LogP contribution in [0.3, 0.4) is 0 Å². The summed E-state index contributed by atoms with van der Waals surface area (Å²) in [6.45, 7) is 0. The molecule has 0 aliphatic rings. The van der Waals surface area contributed by atoms with Crippen LogP contribution in [0.15, 0.2) is 0 Å². The van der Waals surface area contributed by atoms with Gasteiger partial charge >= 0.3 is 11.9 Å².